The molecule has 0 fully saturated rings. The Bertz CT molecular complexity index is 651. The minimum Gasteiger partial charge on any atom is -0.488 e. The molecule has 0 unspecified atom stereocenters. The zero-order chi connectivity index (χ0) is 14.7. The van der Waals surface area contributed by atoms with Gasteiger partial charge in [-0.1, -0.05) is 6.07 Å². The molecule has 0 aromatic heterocycles. The van der Waals surface area contributed by atoms with Gasteiger partial charge in [0.25, 0.3) is 0 Å². The molecular formula is C16H14F2O2. The maximum Gasteiger partial charge on any atom is 0.163 e. The van der Waals surface area contributed by atoms with Gasteiger partial charge in [0, 0.05) is 6.07 Å². The van der Waals surface area contributed by atoms with Crippen LogP contribution in [0.1, 0.15) is 28.4 Å². The molecule has 0 bridgehead atoms. The first-order valence-corrected chi connectivity index (χ1v) is 6.15. The van der Waals surface area contributed by atoms with E-state index in [9.17, 15) is 13.6 Å². The molecule has 0 aliphatic heterocycles. The summed E-state index contributed by atoms with van der Waals surface area (Å²) in [6.45, 7) is 3.29. The van der Waals surface area contributed by atoms with Crippen molar-refractivity contribution in [1.29, 1.82) is 0 Å². The number of halogens is 2. The van der Waals surface area contributed by atoms with Gasteiger partial charge in [-0.15, -0.1) is 0 Å². The molecule has 0 heterocycles. The topological polar surface area (TPSA) is 26.3 Å². The van der Waals surface area contributed by atoms with Crippen molar-refractivity contribution in [3.05, 3.63) is 64.7 Å². The number of carbonyl (C=O) groups is 1. The lowest BCUT2D eigenvalue weighted by Gasteiger charge is -2.11. The number of hydrogen-bond acceptors (Lipinski definition) is 2. The van der Waals surface area contributed by atoms with Gasteiger partial charge in [0.05, 0.1) is 5.56 Å². The summed E-state index contributed by atoms with van der Waals surface area (Å²) in [5.41, 5.74) is 1.83. The summed E-state index contributed by atoms with van der Waals surface area (Å²) in [6, 6.07) is 8.11. The first-order valence-electron chi connectivity index (χ1n) is 6.15. The molecule has 2 aromatic rings. The van der Waals surface area contributed by atoms with Crippen LogP contribution in [0.3, 0.4) is 0 Å². The molecule has 0 radical (unpaired) electrons. The van der Waals surface area contributed by atoms with Gasteiger partial charge in [-0.2, -0.15) is 0 Å². The van der Waals surface area contributed by atoms with E-state index >= 15 is 0 Å². The molecule has 0 atom stereocenters. The second kappa shape index (κ2) is 5.82. The van der Waals surface area contributed by atoms with Gasteiger partial charge in [-0.05, 0) is 49.2 Å². The molecule has 0 amide bonds. The van der Waals surface area contributed by atoms with Crippen molar-refractivity contribution in [1.82, 2.24) is 0 Å². The Morgan fingerprint density at radius 1 is 1.10 bits per heavy atom. The van der Waals surface area contributed by atoms with Gasteiger partial charge in [0.1, 0.15) is 24.0 Å². The fraction of sp³-hybridized carbons (Fsp3) is 0.188. The van der Waals surface area contributed by atoms with Gasteiger partial charge in [0.2, 0.25) is 0 Å². The van der Waals surface area contributed by atoms with Crippen molar-refractivity contribution >= 4 is 5.78 Å². The van der Waals surface area contributed by atoms with Crippen molar-refractivity contribution in [2.24, 2.45) is 0 Å². The van der Waals surface area contributed by atoms with Crippen molar-refractivity contribution in [3.63, 3.8) is 0 Å². The van der Waals surface area contributed by atoms with Crippen LogP contribution in [0.4, 0.5) is 8.78 Å². The second-order valence-corrected chi connectivity index (χ2v) is 4.56. The summed E-state index contributed by atoms with van der Waals surface area (Å²) < 4.78 is 31.9. The van der Waals surface area contributed by atoms with Crippen molar-refractivity contribution in [2.45, 2.75) is 20.5 Å². The largest absolute Gasteiger partial charge is 0.488 e. The lowest BCUT2D eigenvalue weighted by atomic mass is 10.1. The lowest BCUT2D eigenvalue weighted by Crippen LogP contribution is -2.03. The number of ether oxygens (including phenoxy) is 1. The lowest BCUT2D eigenvalue weighted by molar-refractivity contribution is 0.101. The zero-order valence-electron chi connectivity index (χ0n) is 11.2. The molecule has 104 valence electrons. The average Bonchev–Trinajstić information content (AvgIpc) is 2.39. The van der Waals surface area contributed by atoms with Crippen LogP contribution in [0, 0.1) is 18.6 Å². The number of ketones is 1. The zero-order valence-corrected chi connectivity index (χ0v) is 11.2. The predicted octanol–water partition coefficient (Wildman–Crippen LogP) is 4.05. The highest BCUT2D eigenvalue weighted by atomic mass is 19.1. The SMILES string of the molecule is CC(=O)c1ccc(F)cc1OCc1cc(F)ccc1C. The highest BCUT2D eigenvalue weighted by Crippen LogP contribution is 2.22. The average molecular weight is 276 g/mol. The van der Waals surface area contributed by atoms with Gasteiger partial charge in [0.15, 0.2) is 5.78 Å². The predicted molar refractivity (Wildman–Crippen MR) is 71.9 cm³/mol. The third-order valence-electron chi connectivity index (χ3n) is 3.02. The maximum absolute atomic E-state index is 13.2. The summed E-state index contributed by atoms with van der Waals surface area (Å²) in [5, 5.41) is 0. The Balaban J connectivity index is 2.24. The monoisotopic (exact) mass is 276 g/mol. The van der Waals surface area contributed by atoms with Crippen LogP contribution in [0.15, 0.2) is 36.4 Å². The molecule has 0 saturated carbocycles. The Morgan fingerprint density at radius 2 is 1.75 bits per heavy atom. The van der Waals surface area contributed by atoms with Crippen molar-refractivity contribution in [2.75, 3.05) is 0 Å². The maximum atomic E-state index is 13.2. The van der Waals surface area contributed by atoms with Crippen LogP contribution >= 0.6 is 0 Å². The highest BCUT2D eigenvalue weighted by molar-refractivity contribution is 5.96. The van der Waals surface area contributed by atoms with Gasteiger partial charge in [-0.3, -0.25) is 4.79 Å². The quantitative estimate of drug-likeness (QED) is 0.787. The van der Waals surface area contributed by atoms with Crippen LogP contribution < -0.4 is 4.74 Å². The van der Waals surface area contributed by atoms with E-state index in [1.165, 1.54) is 31.2 Å². The van der Waals surface area contributed by atoms with E-state index in [-0.39, 0.29) is 24.0 Å². The van der Waals surface area contributed by atoms with Crippen LogP contribution in [-0.2, 0) is 6.61 Å². The number of Topliss-reactive ketones (excluding diaryl/α,β-unsaturated/α-hetero) is 1. The number of hydrogen-bond donors (Lipinski definition) is 0. The number of rotatable bonds is 4. The van der Waals surface area contributed by atoms with Crippen LogP contribution in [0.5, 0.6) is 5.75 Å². The molecule has 0 saturated heterocycles. The van der Waals surface area contributed by atoms with Gasteiger partial charge in [-0.25, -0.2) is 8.78 Å². The van der Waals surface area contributed by atoms with E-state index in [1.807, 2.05) is 6.92 Å². The summed E-state index contributed by atoms with van der Waals surface area (Å²) >= 11 is 0. The van der Waals surface area contributed by atoms with Gasteiger partial charge >= 0.3 is 0 Å². The molecular weight excluding hydrogens is 262 g/mol. The second-order valence-electron chi connectivity index (χ2n) is 4.56. The first kappa shape index (κ1) is 14.2. The Morgan fingerprint density at radius 3 is 2.45 bits per heavy atom. The molecule has 0 spiro atoms. The number of benzene rings is 2. The third kappa shape index (κ3) is 3.20. The van der Waals surface area contributed by atoms with E-state index in [0.717, 1.165) is 11.6 Å². The molecule has 2 rings (SSSR count). The third-order valence-corrected chi connectivity index (χ3v) is 3.02. The minimum atomic E-state index is -0.485. The van der Waals surface area contributed by atoms with Crippen LogP contribution in [-0.4, -0.2) is 5.78 Å². The summed E-state index contributed by atoms with van der Waals surface area (Å²) in [4.78, 5) is 11.4. The fourth-order valence-corrected chi connectivity index (χ4v) is 1.86. The molecule has 0 N–H and O–H groups in total. The summed E-state index contributed by atoms with van der Waals surface area (Å²) in [6.07, 6.45) is 0. The normalized spacial score (nSPS) is 10.4. The smallest absolute Gasteiger partial charge is 0.163 e. The fourth-order valence-electron chi connectivity index (χ4n) is 1.86. The molecule has 0 aliphatic carbocycles. The molecule has 2 aromatic carbocycles. The Kier molecular flexibility index (Phi) is 4.13. The Hall–Kier alpha value is -2.23. The standard InChI is InChI=1S/C16H14F2O2/c1-10-3-4-13(17)7-12(10)9-20-16-8-14(18)5-6-15(16)11(2)19/h3-8H,9H2,1-2H3. The van der Waals surface area contributed by atoms with E-state index in [1.54, 1.807) is 6.07 Å². The van der Waals surface area contributed by atoms with E-state index in [2.05, 4.69) is 0 Å². The summed E-state index contributed by atoms with van der Waals surface area (Å²) in [7, 11) is 0. The van der Waals surface area contributed by atoms with Crippen LogP contribution in [0.2, 0.25) is 0 Å². The van der Waals surface area contributed by atoms with E-state index < -0.39 is 5.82 Å². The number of carbonyl (C=O) groups excluding carboxylic acids is 1. The number of aryl methyl sites for hydroxylation is 1. The molecule has 20 heavy (non-hydrogen) atoms. The molecule has 0 aliphatic rings. The molecule has 4 heteroatoms. The minimum absolute atomic E-state index is 0.0767. The van der Waals surface area contributed by atoms with E-state index in [4.69, 9.17) is 4.74 Å². The van der Waals surface area contributed by atoms with Crippen molar-refractivity contribution < 1.29 is 18.3 Å². The Labute approximate surface area is 116 Å². The summed E-state index contributed by atoms with van der Waals surface area (Å²) in [5.74, 6) is -0.890. The molecule has 2 nitrogen and oxygen atoms in total. The first-order chi connectivity index (χ1) is 9.47. The van der Waals surface area contributed by atoms with Crippen LogP contribution in [0.25, 0.3) is 0 Å². The van der Waals surface area contributed by atoms with Crippen molar-refractivity contribution in [3.8, 4) is 5.75 Å². The highest BCUT2D eigenvalue weighted by Gasteiger charge is 2.10. The van der Waals surface area contributed by atoms with E-state index in [0.29, 0.717) is 11.1 Å². The van der Waals surface area contributed by atoms with Gasteiger partial charge < -0.3 is 4.74 Å².